The van der Waals surface area contributed by atoms with Crippen LogP contribution in [0.1, 0.15) is 24.8 Å². The van der Waals surface area contributed by atoms with Crippen LogP contribution in [0.3, 0.4) is 0 Å². The minimum atomic E-state index is 0.415. The van der Waals surface area contributed by atoms with Gasteiger partial charge in [0, 0.05) is 33.8 Å². The topological polar surface area (TPSA) is 37.8 Å². The molecule has 2 heterocycles. The Balaban J connectivity index is 2.27. The van der Waals surface area contributed by atoms with Crippen LogP contribution in [0.25, 0.3) is 10.4 Å². The maximum Gasteiger partial charge on any atom is 0.115 e. The van der Waals surface area contributed by atoms with Gasteiger partial charge in [-0.2, -0.15) is 0 Å². The Bertz CT molecular complexity index is 465. The van der Waals surface area contributed by atoms with Gasteiger partial charge in [0.05, 0.1) is 0 Å². The van der Waals surface area contributed by atoms with E-state index in [1.54, 1.807) is 17.7 Å². The summed E-state index contributed by atoms with van der Waals surface area (Å²) in [5.41, 5.74) is 1.09. The highest BCUT2D eigenvalue weighted by Gasteiger charge is 2.16. The number of aromatic nitrogens is 2. The van der Waals surface area contributed by atoms with Crippen molar-refractivity contribution in [2.45, 2.75) is 19.9 Å². The first-order valence-corrected chi connectivity index (χ1v) is 6.56. The molecule has 1 atom stereocenters. The zero-order valence-electron chi connectivity index (χ0n) is 10.3. The SMILES string of the molecule is CNC(c1ccc(-c2cncnc2)s1)C(C)C. The van der Waals surface area contributed by atoms with Crippen molar-refractivity contribution >= 4 is 11.3 Å². The number of nitrogens with one attached hydrogen (secondary N) is 1. The molecule has 1 N–H and O–H groups in total. The summed E-state index contributed by atoms with van der Waals surface area (Å²) in [6.45, 7) is 4.46. The molecule has 0 aliphatic rings. The first kappa shape index (κ1) is 12.2. The van der Waals surface area contributed by atoms with Crippen molar-refractivity contribution in [2.24, 2.45) is 5.92 Å². The number of nitrogens with zero attached hydrogens (tertiary/aromatic N) is 2. The van der Waals surface area contributed by atoms with E-state index in [1.165, 1.54) is 9.75 Å². The van der Waals surface area contributed by atoms with Crippen molar-refractivity contribution in [1.29, 1.82) is 0 Å². The molecular formula is C13H17N3S. The van der Waals surface area contributed by atoms with Crippen LogP contribution in [-0.4, -0.2) is 17.0 Å². The van der Waals surface area contributed by atoms with Crippen LogP contribution in [0.4, 0.5) is 0 Å². The van der Waals surface area contributed by atoms with Gasteiger partial charge in [0.2, 0.25) is 0 Å². The molecule has 0 bridgehead atoms. The second-order valence-electron chi connectivity index (χ2n) is 4.34. The summed E-state index contributed by atoms with van der Waals surface area (Å²) in [6, 6.07) is 4.75. The lowest BCUT2D eigenvalue weighted by Gasteiger charge is -2.18. The minimum absolute atomic E-state index is 0.415. The molecule has 0 spiro atoms. The van der Waals surface area contributed by atoms with Crippen LogP contribution in [0.5, 0.6) is 0 Å². The van der Waals surface area contributed by atoms with E-state index in [1.807, 2.05) is 19.4 Å². The molecule has 2 rings (SSSR count). The molecule has 2 aromatic heterocycles. The highest BCUT2D eigenvalue weighted by Crippen LogP contribution is 2.33. The summed E-state index contributed by atoms with van der Waals surface area (Å²) in [5.74, 6) is 0.582. The van der Waals surface area contributed by atoms with Crippen molar-refractivity contribution in [2.75, 3.05) is 7.05 Å². The van der Waals surface area contributed by atoms with E-state index in [-0.39, 0.29) is 0 Å². The lowest BCUT2D eigenvalue weighted by molar-refractivity contribution is 0.449. The normalized spacial score (nSPS) is 12.9. The Labute approximate surface area is 106 Å². The largest absolute Gasteiger partial charge is 0.312 e. The molecule has 0 radical (unpaired) electrons. The van der Waals surface area contributed by atoms with E-state index < -0.39 is 0 Å². The van der Waals surface area contributed by atoms with Gasteiger partial charge in [-0.15, -0.1) is 11.3 Å². The predicted octanol–water partition coefficient (Wildman–Crippen LogP) is 3.12. The maximum atomic E-state index is 4.05. The zero-order valence-corrected chi connectivity index (χ0v) is 11.2. The van der Waals surface area contributed by atoms with E-state index in [0.717, 1.165) is 5.56 Å². The Hall–Kier alpha value is -1.26. The number of thiophene rings is 1. The molecule has 17 heavy (non-hydrogen) atoms. The van der Waals surface area contributed by atoms with E-state index in [9.17, 15) is 0 Å². The smallest absolute Gasteiger partial charge is 0.115 e. The highest BCUT2D eigenvalue weighted by atomic mass is 32.1. The van der Waals surface area contributed by atoms with E-state index in [4.69, 9.17) is 0 Å². The van der Waals surface area contributed by atoms with Crippen molar-refractivity contribution < 1.29 is 0 Å². The number of hydrogen-bond donors (Lipinski definition) is 1. The van der Waals surface area contributed by atoms with Gasteiger partial charge in [-0.1, -0.05) is 13.8 Å². The molecule has 0 fully saturated rings. The van der Waals surface area contributed by atoms with E-state index >= 15 is 0 Å². The first-order valence-electron chi connectivity index (χ1n) is 5.74. The Morgan fingerprint density at radius 1 is 1.18 bits per heavy atom. The van der Waals surface area contributed by atoms with Crippen LogP contribution in [0.15, 0.2) is 30.9 Å². The van der Waals surface area contributed by atoms with Crippen molar-refractivity contribution in [1.82, 2.24) is 15.3 Å². The van der Waals surface area contributed by atoms with Crippen molar-refractivity contribution in [3.63, 3.8) is 0 Å². The summed E-state index contributed by atoms with van der Waals surface area (Å²) < 4.78 is 0. The third-order valence-electron chi connectivity index (χ3n) is 2.76. The average molecular weight is 247 g/mol. The quantitative estimate of drug-likeness (QED) is 0.902. The van der Waals surface area contributed by atoms with Crippen molar-refractivity contribution in [3.05, 3.63) is 35.7 Å². The fraction of sp³-hybridized carbons (Fsp3) is 0.385. The lowest BCUT2D eigenvalue weighted by atomic mass is 10.0. The summed E-state index contributed by atoms with van der Waals surface area (Å²) in [5, 5.41) is 3.36. The highest BCUT2D eigenvalue weighted by molar-refractivity contribution is 7.15. The summed E-state index contributed by atoms with van der Waals surface area (Å²) >= 11 is 1.80. The molecule has 2 aromatic rings. The molecule has 0 aliphatic carbocycles. The Morgan fingerprint density at radius 2 is 1.88 bits per heavy atom. The molecule has 0 saturated carbocycles. The Kier molecular flexibility index (Phi) is 3.86. The van der Waals surface area contributed by atoms with E-state index in [0.29, 0.717) is 12.0 Å². The zero-order chi connectivity index (χ0) is 12.3. The monoisotopic (exact) mass is 247 g/mol. The summed E-state index contributed by atoms with van der Waals surface area (Å²) in [4.78, 5) is 10.7. The van der Waals surface area contributed by atoms with Gasteiger partial charge >= 0.3 is 0 Å². The molecule has 0 amide bonds. The fourth-order valence-corrected chi connectivity index (χ4v) is 3.17. The van der Waals surface area contributed by atoms with Gasteiger partial charge in [0.1, 0.15) is 6.33 Å². The van der Waals surface area contributed by atoms with Crippen molar-refractivity contribution in [3.8, 4) is 10.4 Å². The number of rotatable bonds is 4. The fourth-order valence-electron chi connectivity index (χ4n) is 1.91. The van der Waals surface area contributed by atoms with Crippen LogP contribution in [-0.2, 0) is 0 Å². The second kappa shape index (κ2) is 5.38. The summed E-state index contributed by atoms with van der Waals surface area (Å²) in [7, 11) is 2.01. The third kappa shape index (κ3) is 2.70. The van der Waals surface area contributed by atoms with Gasteiger partial charge < -0.3 is 5.32 Å². The van der Waals surface area contributed by atoms with Crippen LogP contribution in [0, 0.1) is 5.92 Å². The van der Waals surface area contributed by atoms with Crippen LogP contribution < -0.4 is 5.32 Å². The van der Waals surface area contributed by atoms with Gasteiger partial charge in [0.15, 0.2) is 0 Å². The van der Waals surface area contributed by atoms with Gasteiger partial charge in [-0.3, -0.25) is 0 Å². The number of hydrogen-bond acceptors (Lipinski definition) is 4. The minimum Gasteiger partial charge on any atom is -0.312 e. The van der Waals surface area contributed by atoms with Crippen LogP contribution in [0.2, 0.25) is 0 Å². The first-order chi connectivity index (χ1) is 8.22. The molecule has 0 aromatic carbocycles. The van der Waals surface area contributed by atoms with Gasteiger partial charge in [-0.25, -0.2) is 9.97 Å². The van der Waals surface area contributed by atoms with Crippen LogP contribution >= 0.6 is 11.3 Å². The Morgan fingerprint density at radius 3 is 2.47 bits per heavy atom. The lowest BCUT2D eigenvalue weighted by Crippen LogP contribution is -2.20. The summed E-state index contributed by atoms with van der Waals surface area (Å²) in [6.07, 6.45) is 5.27. The second-order valence-corrected chi connectivity index (χ2v) is 5.45. The predicted molar refractivity (Wildman–Crippen MR) is 72.0 cm³/mol. The average Bonchev–Trinajstić information content (AvgIpc) is 2.80. The molecule has 0 saturated heterocycles. The maximum absolute atomic E-state index is 4.05. The molecule has 4 heteroatoms. The molecule has 90 valence electrons. The van der Waals surface area contributed by atoms with E-state index in [2.05, 4.69) is 41.3 Å². The standard InChI is InChI=1S/C13H17N3S/c1-9(2)13(14-3)12-5-4-11(17-12)10-6-15-8-16-7-10/h4-9,13-14H,1-3H3. The van der Waals surface area contributed by atoms with Gasteiger partial charge in [0.25, 0.3) is 0 Å². The molecule has 1 unspecified atom stereocenters. The third-order valence-corrected chi connectivity index (χ3v) is 3.97. The molecule has 0 aliphatic heterocycles. The molecular weight excluding hydrogens is 230 g/mol. The molecule has 3 nitrogen and oxygen atoms in total. The van der Waals surface area contributed by atoms with Gasteiger partial charge in [-0.05, 0) is 25.1 Å².